The molecule has 31 heavy (non-hydrogen) atoms. The normalized spacial score (nSPS) is 15.4. The van der Waals surface area contributed by atoms with E-state index in [4.69, 9.17) is 4.74 Å². The fraction of sp³-hybridized carbons (Fsp3) is 0.364. The number of carbonyl (C=O) groups is 2. The Kier molecular flexibility index (Phi) is 7.40. The Morgan fingerprint density at radius 2 is 1.84 bits per heavy atom. The summed E-state index contributed by atoms with van der Waals surface area (Å²) in [4.78, 5) is 24.4. The van der Waals surface area contributed by atoms with Gasteiger partial charge in [0.1, 0.15) is 5.82 Å². The number of Topliss-reactive ketones (excluding diaryl/α,β-unsaturated/α-hetero) is 1. The highest BCUT2D eigenvalue weighted by atomic mass is 32.2. The third-order valence-electron chi connectivity index (χ3n) is 5.18. The first-order chi connectivity index (χ1) is 14.8. The molecule has 1 heterocycles. The van der Waals surface area contributed by atoms with Crippen molar-refractivity contribution in [1.29, 1.82) is 0 Å². The van der Waals surface area contributed by atoms with E-state index in [1.54, 1.807) is 19.1 Å². The van der Waals surface area contributed by atoms with Crippen molar-refractivity contribution in [2.75, 3.05) is 31.6 Å². The second-order valence-electron chi connectivity index (χ2n) is 7.21. The summed E-state index contributed by atoms with van der Waals surface area (Å²) in [5.41, 5.74) is 0.412. The summed E-state index contributed by atoms with van der Waals surface area (Å²) < 4.78 is 46.1. The number of anilines is 1. The van der Waals surface area contributed by atoms with Crippen LogP contribution >= 0.6 is 0 Å². The monoisotopic (exact) mass is 448 g/mol. The number of esters is 1. The lowest BCUT2D eigenvalue weighted by Gasteiger charge is -2.30. The van der Waals surface area contributed by atoms with Crippen LogP contribution in [0.5, 0.6) is 0 Å². The molecule has 3 rings (SSSR count). The molecule has 0 amide bonds. The second-order valence-corrected chi connectivity index (χ2v) is 9.15. The van der Waals surface area contributed by atoms with E-state index in [-0.39, 0.29) is 53.5 Å². The molecular weight excluding hydrogens is 423 g/mol. The standard InChI is InChI=1S/C22H25FN2O5S/c1-2-30-22(27)16-10-12-25(13-11-16)31(28,29)18-7-5-6-17(14-18)21(26)15-24-20-9-4-3-8-19(20)23/h3-9,14,16,24H,2,10-13,15H2,1H3. The third-order valence-corrected chi connectivity index (χ3v) is 7.08. The van der Waals surface area contributed by atoms with Crippen molar-refractivity contribution in [3.05, 3.63) is 59.9 Å². The van der Waals surface area contributed by atoms with Crippen LogP contribution in [0.25, 0.3) is 0 Å². The Labute approximate surface area is 181 Å². The fourth-order valence-electron chi connectivity index (χ4n) is 3.45. The van der Waals surface area contributed by atoms with E-state index in [1.165, 1.54) is 40.7 Å². The van der Waals surface area contributed by atoms with E-state index in [0.717, 1.165) is 0 Å². The summed E-state index contributed by atoms with van der Waals surface area (Å²) in [6.45, 7) is 2.27. The zero-order valence-corrected chi connectivity index (χ0v) is 18.0. The van der Waals surface area contributed by atoms with Crippen molar-refractivity contribution in [1.82, 2.24) is 4.31 Å². The zero-order chi connectivity index (χ0) is 22.4. The lowest BCUT2D eigenvalue weighted by atomic mass is 9.98. The fourth-order valence-corrected chi connectivity index (χ4v) is 4.97. The summed E-state index contributed by atoms with van der Waals surface area (Å²) in [6, 6.07) is 11.8. The van der Waals surface area contributed by atoms with Crippen molar-refractivity contribution < 1.29 is 27.1 Å². The number of benzene rings is 2. The van der Waals surface area contributed by atoms with Crippen LogP contribution < -0.4 is 5.32 Å². The molecule has 0 atom stereocenters. The van der Waals surface area contributed by atoms with Crippen LogP contribution in [-0.4, -0.2) is 50.7 Å². The van der Waals surface area contributed by atoms with Gasteiger partial charge in [0.15, 0.2) is 5.78 Å². The van der Waals surface area contributed by atoms with Gasteiger partial charge in [-0.25, -0.2) is 12.8 Å². The minimum atomic E-state index is -3.80. The smallest absolute Gasteiger partial charge is 0.309 e. The van der Waals surface area contributed by atoms with Crippen LogP contribution in [0.2, 0.25) is 0 Å². The zero-order valence-electron chi connectivity index (χ0n) is 17.2. The largest absolute Gasteiger partial charge is 0.466 e. The molecule has 1 fully saturated rings. The first-order valence-corrected chi connectivity index (χ1v) is 11.6. The highest BCUT2D eigenvalue weighted by Gasteiger charge is 2.33. The van der Waals surface area contributed by atoms with Gasteiger partial charge in [-0.1, -0.05) is 24.3 Å². The number of hydrogen-bond donors (Lipinski definition) is 1. The summed E-state index contributed by atoms with van der Waals surface area (Å²) in [6.07, 6.45) is 0.784. The Bertz CT molecular complexity index is 1050. The van der Waals surface area contributed by atoms with Gasteiger partial charge in [0.05, 0.1) is 29.7 Å². The van der Waals surface area contributed by atoms with E-state index >= 15 is 0 Å². The van der Waals surface area contributed by atoms with Gasteiger partial charge in [-0.3, -0.25) is 9.59 Å². The number of ketones is 1. The molecule has 7 nitrogen and oxygen atoms in total. The van der Waals surface area contributed by atoms with Gasteiger partial charge in [0.2, 0.25) is 10.0 Å². The van der Waals surface area contributed by atoms with Crippen molar-refractivity contribution in [3.63, 3.8) is 0 Å². The van der Waals surface area contributed by atoms with E-state index < -0.39 is 15.8 Å². The summed E-state index contributed by atoms with van der Waals surface area (Å²) in [7, 11) is -3.80. The molecule has 1 aliphatic rings. The highest BCUT2D eigenvalue weighted by Crippen LogP contribution is 2.25. The topological polar surface area (TPSA) is 92.8 Å². The average Bonchev–Trinajstić information content (AvgIpc) is 2.78. The molecule has 0 radical (unpaired) electrons. The predicted octanol–water partition coefficient (Wildman–Crippen LogP) is 3.08. The van der Waals surface area contributed by atoms with Gasteiger partial charge in [-0.05, 0) is 44.0 Å². The lowest BCUT2D eigenvalue weighted by molar-refractivity contribution is -0.149. The van der Waals surface area contributed by atoms with Gasteiger partial charge in [-0.15, -0.1) is 0 Å². The third kappa shape index (κ3) is 5.48. The number of para-hydroxylation sites is 1. The molecule has 0 saturated carbocycles. The maximum atomic E-state index is 13.7. The summed E-state index contributed by atoms with van der Waals surface area (Å²) in [5.74, 6) is -1.43. The van der Waals surface area contributed by atoms with Crippen molar-refractivity contribution >= 4 is 27.5 Å². The van der Waals surface area contributed by atoms with E-state index in [2.05, 4.69) is 5.32 Å². The summed E-state index contributed by atoms with van der Waals surface area (Å²) >= 11 is 0. The number of ether oxygens (including phenoxy) is 1. The molecule has 2 aromatic carbocycles. The van der Waals surface area contributed by atoms with Crippen LogP contribution in [0.15, 0.2) is 53.4 Å². The number of piperidine rings is 1. The minimum Gasteiger partial charge on any atom is -0.466 e. The van der Waals surface area contributed by atoms with Gasteiger partial charge < -0.3 is 10.1 Å². The SMILES string of the molecule is CCOC(=O)C1CCN(S(=O)(=O)c2cccc(C(=O)CNc3ccccc3F)c2)CC1. The van der Waals surface area contributed by atoms with Crippen molar-refractivity contribution in [2.45, 2.75) is 24.7 Å². The van der Waals surface area contributed by atoms with Crippen LogP contribution in [0.1, 0.15) is 30.1 Å². The molecule has 1 N–H and O–H groups in total. The quantitative estimate of drug-likeness (QED) is 0.493. The van der Waals surface area contributed by atoms with E-state index in [9.17, 15) is 22.4 Å². The number of hydrogen-bond acceptors (Lipinski definition) is 6. The molecule has 9 heteroatoms. The first-order valence-electron chi connectivity index (χ1n) is 10.1. The molecule has 0 bridgehead atoms. The van der Waals surface area contributed by atoms with Crippen LogP contribution in [-0.2, 0) is 19.6 Å². The lowest BCUT2D eigenvalue weighted by Crippen LogP contribution is -2.40. The summed E-state index contributed by atoms with van der Waals surface area (Å²) in [5, 5.41) is 2.73. The Morgan fingerprint density at radius 1 is 1.13 bits per heavy atom. The predicted molar refractivity (Wildman–Crippen MR) is 114 cm³/mol. The molecule has 0 aromatic heterocycles. The number of carbonyl (C=O) groups excluding carboxylic acids is 2. The number of halogens is 1. The van der Waals surface area contributed by atoms with E-state index in [0.29, 0.717) is 19.4 Å². The number of nitrogens with one attached hydrogen (secondary N) is 1. The molecular formula is C22H25FN2O5S. The number of rotatable bonds is 8. The van der Waals surface area contributed by atoms with Gasteiger partial charge >= 0.3 is 5.97 Å². The van der Waals surface area contributed by atoms with Gasteiger partial charge in [0, 0.05) is 18.7 Å². The molecule has 0 unspecified atom stereocenters. The number of sulfonamides is 1. The molecule has 1 saturated heterocycles. The van der Waals surface area contributed by atoms with Gasteiger partial charge in [-0.2, -0.15) is 4.31 Å². The Balaban J connectivity index is 1.67. The minimum absolute atomic E-state index is 0.0128. The Hall–Kier alpha value is -2.78. The Morgan fingerprint density at radius 3 is 2.52 bits per heavy atom. The van der Waals surface area contributed by atoms with Crippen LogP contribution in [0.3, 0.4) is 0 Å². The van der Waals surface area contributed by atoms with Crippen molar-refractivity contribution in [2.24, 2.45) is 5.92 Å². The molecule has 1 aliphatic heterocycles. The second kappa shape index (κ2) is 10.0. The average molecular weight is 449 g/mol. The van der Waals surface area contributed by atoms with Crippen LogP contribution in [0, 0.1) is 11.7 Å². The molecule has 166 valence electrons. The maximum Gasteiger partial charge on any atom is 0.309 e. The van der Waals surface area contributed by atoms with Gasteiger partial charge in [0.25, 0.3) is 0 Å². The molecule has 0 spiro atoms. The molecule has 2 aromatic rings. The number of nitrogens with zero attached hydrogens (tertiary/aromatic N) is 1. The van der Waals surface area contributed by atoms with Crippen LogP contribution in [0.4, 0.5) is 10.1 Å². The first kappa shape index (κ1) is 22.9. The van der Waals surface area contributed by atoms with Crippen molar-refractivity contribution in [3.8, 4) is 0 Å². The highest BCUT2D eigenvalue weighted by molar-refractivity contribution is 7.89. The maximum absolute atomic E-state index is 13.7. The molecule has 0 aliphatic carbocycles. The van der Waals surface area contributed by atoms with E-state index in [1.807, 2.05) is 0 Å².